The lowest BCUT2D eigenvalue weighted by Gasteiger charge is -2.11. The van der Waals surface area contributed by atoms with Gasteiger partial charge in [0.05, 0.1) is 18.4 Å². The zero-order valence-corrected chi connectivity index (χ0v) is 16.6. The first-order chi connectivity index (χ1) is 13.6. The molecule has 6 heteroatoms. The van der Waals surface area contributed by atoms with Crippen molar-refractivity contribution in [3.05, 3.63) is 82.6 Å². The Labute approximate surface area is 169 Å². The van der Waals surface area contributed by atoms with E-state index in [-0.39, 0.29) is 5.91 Å². The molecule has 1 heterocycles. The van der Waals surface area contributed by atoms with Gasteiger partial charge in [-0.05, 0) is 48.7 Å². The van der Waals surface area contributed by atoms with E-state index in [1.807, 2.05) is 43.3 Å². The number of carbonyl (C=O) groups is 1. The van der Waals surface area contributed by atoms with E-state index in [2.05, 4.69) is 15.6 Å². The summed E-state index contributed by atoms with van der Waals surface area (Å²) in [6.07, 6.45) is 4.03. The van der Waals surface area contributed by atoms with Crippen LogP contribution in [0, 0.1) is 6.92 Å². The molecule has 0 fully saturated rings. The number of carbonyl (C=O) groups excluding carboxylic acids is 1. The molecular weight excluding hydrogens is 374 g/mol. The normalized spacial score (nSPS) is 10.4. The van der Waals surface area contributed by atoms with Gasteiger partial charge in [-0.25, -0.2) is 0 Å². The van der Waals surface area contributed by atoms with Gasteiger partial charge in [-0.2, -0.15) is 0 Å². The molecule has 3 aromatic rings. The Bertz CT molecular complexity index is 976. The second kappa shape index (κ2) is 9.24. The molecule has 0 aliphatic rings. The number of benzene rings is 2. The van der Waals surface area contributed by atoms with Gasteiger partial charge in [0.2, 0.25) is 0 Å². The molecule has 0 aliphatic carbocycles. The molecule has 28 heavy (non-hydrogen) atoms. The highest BCUT2D eigenvalue weighted by atomic mass is 35.5. The molecule has 2 aromatic carbocycles. The molecule has 0 spiro atoms. The SMILES string of the molecule is COc1ccccc1CCNc1cncc(C(=O)Nc2ccc(C)c(Cl)c2)c1. The lowest BCUT2D eigenvalue weighted by molar-refractivity contribution is 0.102. The highest BCUT2D eigenvalue weighted by Gasteiger charge is 2.09. The minimum absolute atomic E-state index is 0.235. The molecule has 0 saturated heterocycles. The Balaban J connectivity index is 1.61. The van der Waals surface area contributed by atoms with Gasteiger partial charge in [0.25, 0.3) is 5.91 Å². The molecule has 1 aromatic heterocycles. The highest BCUT2D eigenvalue weighted by molar-refractivity contribution is 6.31. The lowest BCUT2D eigenvalue weighted by atomic mass is 10.1. The minimum atomic E-state index is -0.235. The van der Waals surface area contributed by atoms with Crippen molar-refractivity contribution < 1.29 is 9.53 Å². The third kappa shape index (κ3) is 5.02. The number of hydrogen-bond donors (Lipinski definition) is 2. The summed E-state index contributed by atoms with van der Waals surface area (Å²) in [5.41, 5.74) is 3.98. The molecular formula is C22H22ClN3O2. The molecule has 0 saturated carbocycles. The Morgan fingerprint density at radius 2 is 1.93 bits per heavy atom. The van der Waals surface area contributed by atoms with Gasteiger partial charge in [0, 0.05) is 29.6 Å². The van der Waals surface area contributed by atoms with Crippen LogP contribution in [-0.2, 0) is 6.42 Å². The summed E-state index contributed by atoms with van der Waals surface area (Å²) in [7, 11) is 1.67. The first-order valence-electron chi connectivity index (χ1n) is 8.95. The average molecular weight is 396 g/mol. The number of ether oxygens (including phenoxy) is 1. The fourth-order valence-corrected chi connectivity index (χ4v) is 2.97. The van der Waals surface area contributed by atoms with Crippen LogP contribution in [-0.4, -0.2) is 24.5 Å². The van der Waals surface area contributed by atoms with E-state index >= 15 is 0 Å². The zero-order chi connectivity index (χ0) is 19.9. The van der Waals surface area contributed by atoms with Crippen LogP contribution >= 0.6 is 11.6 Å². The number of aryl methyl sites for hydroxylation is 1. The van der Waals surface area contributed by atoms with E-state index in [9.17, 15) is 4.79 Å². The fraction of sp³-hybridized carbons (Fsp3) is 0.182. The molecule has 5 nitrogen and oxygen atoms in total. The molecule has 0 aliphatic heterocycles. The Kier molecular flexibility index (Phi) is 6.50. The summed E-state index contributed by atoms with van der Waals surface area (Å²) in [4.78, 5) is 16.7. The van der Waals surface area contributed by atoms with Gasteiger partial charge in [0.15, 0.2) is 0 Å². The number of pyridine rings is 1. The monoisotopic (exact) mass is 395 g/mol. The number of para-hydroxylation sites is 1. The maximum atomic E-state index is 12.5. The summed E-state index contributed by atoms with van der Waals surface area (Å²) in [6, 6.07) is 15.1. The standard InChI is InChI=1S/C22H22ClN3O2/c1-15-7-8-18(12-20(15)23)26-22(27)17-11-19(14-24-13-17)25-10-9-16-5-3-4-6-21(16)28-2/h3-8,11-14,25H,9-10H2,1-2H3,(H,26,27). The Hall–Kier alpha value is -3.05. The second-order valence-corrected chi connectivity index (χ2v) is 6.78. The second-order valence-electron chi connectivity index (χ2n) is 6.37. The van der Waals surface area contributed by atoms with Crippen molar-refractivity contribution in [3.63, 3.8) is 0 Å². The number of nitrogens with zero attached hydrogens (tertiary/aromatic N) is 1. The topological polar surface area (TPSA) is 63.2 Å². The predicted octanol–water partition coefficient (Wildman–Crippen LogP) is 4.96. The molecule has 0 unspecified atom stereocenters. The summed E-state index contributed by atoms with van der Waals surface area (Å²) < 4.78 is 5.37. The lowest BCUT2D eigenvalue weighted by Crippen LogP contribution is -2.13. The fourth-order valence-electron chi connectivity index (χ4n) is 2.79. The van der Waals surface area contributed by atoms with E-state index in [1.54, 1.807) is 25.4 Å². The summed E-state index contributed by atoms with van der Waals surface area (Å²) >= 11 is 6.12. The Morgan fingerprint density at radius 1 is 1.11 bits per heavy atom. The van der Waals surface area contributed by atoms with Gasteiger partial charge >= 0.3 is 0 Å². The summed E-state index contributed by atoms with van der Waals surface area (Å²) in [5, 5.41) is 6.76. The predicted molar refractivity (Wildman–Crippen MR) is 114 cm³/mol. The van der Waals surface area contributed by atoms with Gasteiger partial charge in [0.1, 0.15) is 5.75 Å². The third-order valence-corrected chi connectivity index (χ3v) is 4.75. The van der Waals surface area contributed by atoms with Crippen LogP contribution in [0.5, 0.6) is 5.75 Å². The quantitative estimate of drug-likeness (QED) is 0.593. The first-order valence-corrected chi connectivity index (χ1v) is 9.33. The molecule has 3 rings (SSSR count). The molecule has 144 valence electrons. The van der Waals surface area contributed by atoms with E-state index in [4.69, 9.17) is 16.3 Å². The third-order valence-electron chi connectivity index (χ3n) is 4.35. The molecule has 0 radical (unpaired) electrons. The van der Waals surface area contributed by atoms with Gasteiger partial charge in [-0.15, -0.1) is 0 Å². The number of hydrogen-bond acceptors (Lipinski definition) is 4. The largest absolute Gasteiger partial charge is 0.496 e. The van der Waals surface area contributed by atoms with Crippen LogP contribution in [0.3, 0.4) is 0 Å². The zero-order valence-electron chi connectivity index (χ0n) is 15.8. The maximum absolute atomic E-state index is 12.5. The molecule has 2 N–H and O–H groups in total. The minimum Gasteiger partial charge on any atom is -0.496 e. The number of aromatic nitrogens is 1. The number of rotatable bonds is 7. The van der Waals surface area contributed by atoms with Crippen molar-refractivity contribution in [2.75, 3.05) is 24.3 Å². The van der Waals surface area contributed by atoms with Gasteiger partial charge < -0.3 is 15.4 Å². The first kappa shape index (κ1) is 19.7. The van der Waals surface area contributed by atoms with Crippen LogP contribution in [0.4, 0.5) is 11.4 Å². The van der Waals surface area contributed by atoms with Crippen molar-refractivity contribution in [1.82, 2.24) is 4.98 Å². The van der Waals surface area contributed by atoms with Crippen LogP contribution in [0.2, 0.25) is 5.02 Å². The van der Waals surface area contributed by atoms with Crippen molar-refractivity contribution in [2.45, 2.75) is 13.3 Å². The maximum Gasteiger partial charge on any atom is 0.257 e. The van der Waals surface area contributed by atoms with Crippen LogP contribution < -0.4 is 15.4 Å². The van der Waals surface area contributed by atoms with Gasteiger partial charge in [-0.3, -0.25) is 9.78 Å². The molecule has 0 atom stereocenters. The number of methoxy groups -OCH3 is 1. The van der Waals surface area contributed by atoms with Crippen molar-refractivity contribution >= 4 is 28.9 Å². The molecule has 1 amide bonds. The number of nitrogens with one attached hydrogen (secondary N) is 2. The summed E-state index contributed by atoms with van der Waals surface area (Å²) in [5.74, 6) is 0.633. The molecule has 0 bridgehead atoms. The van der Waals surface area contributed by atoms with Gasteiger partial charge in [-0.1, -0.05) is 35.9 Å². The van der Waals surface area contributed by atoms with Crippen LogP contribution in [0.1, 0.15) is 21.5 Å². The average Bonchev–Trinajstić information content (AvgIpc) is 2.71. The summed E-state index contributed by atoms with van der Waals surface area (Å²) in [6.45, 7) is 2.61. The smallest absolute Gasteiger partial charge is 0.257 e. The van der Waals surface area contributed by atoms with Crippen LogP contribution in [0.25, 0.3) is 0 Å². The number of halogens is 1. The highest BCUT2D eigenvalue weighted by Crippen LogP contribution is 2.21. The number of amides is 1. The van der Waals surface area contributed by atoms with Crippen LogP contribution in [0.15, 0.2) is 60.9 Å². The number of anilines is 2. The van der Waals surface area contributed by atoms with Crippen molar-refractivity contribution in [3.8, 4) is 5.75 Å². The van der Waals surface area contributed by atoms with E-state index in [0.717, 1.165) is 29.0 Å². The van der Waals surface area contributed by atoms with E-state index < -0.39 is 0 Å². The van der Waals surface area contributed by atoms with E-state index in [0.29, 0.717) is 22.8 Å². The van der Waals surface area contributed by atoms with Crippen molar-refractivity contribution in [2.24, 2.45) is 0 Å². The van der Waals surface area contributed by atoms with Crippen molar-refractivity contribution in [1.29, 1.82) is 0 Å². The van der Waals surface area contributed by atoms with E-state index in [1.165, 1.54) is 6.20 Å². The Morgan fingerprint density at radius 3 is 2.71 bits per heavy atom.